The molecule has 1 aromatic heterocycles. The number of benzene rings is 3. The molecule has 1 fully saturated rings. The summed E-state index contributed by atoms with van der Waals surface area (Å²) in [6, 6.07) is 19.5. The number of hydrogen-bond donors (Lipinski definition) is 1. The van der Waals surface area contributed by atoms with Crippen LogP contribution in [-0.2, 0) is 20.9 Å². The number of para-hydroxylation sites is 1. The first-order valence-corrected chi connectivity index (χ1v) is 14.0. The summed E-state index contributed by atoms with van der Waals surface area (Å²) in [5, 5.41) is 11.5. The molecule has 2 aliphatic heterocycles. The van der Waals surface area contributed by atoms with Gasteiger partial charge in [-0.05, 0) is 62.7 Å². The van der Waals surface area contributed by atoms with E-state index >= 15 is 0 Å². The SMILES string of the molecule is CC(C)(C)NC(=O)[C@H](c1ccc(N2CCOCC2)cc1)N(C(=O)Cn1nnc2ccccc21)c1ccc2c(c1)OCO2. The first kappa shape index (κ1) is 27.5. The van der Waals surface area contributed by atoms with Gasteiger partial charge in [0.1, 0.15) is 18.1 Å². The van der Waals surface area contributed by atoms with Crippen molar-refractivity contribution in [2.75, 3.05) is 42.9 Å². The molecule has 1 N–H and O–H groups in total. The van der Waals surface area contributed by atoms with Gasteiger partial charge in [0.05, 0.1) is 18.7 Å². The second kappa shape index (κ2) is 11.3. The van der Waals surface area contributed by atoms with E-state index < -0.39 is 11.6 Å². The van der Waals surface area contributed by atoms with E-state index in [2.05, 4.69) is 20.5 Å². The summed E-state index contributed by atoms with van der Waals surface area (Å²) >= 11 is 0. The summed E-state index contributed by atoms with van der Waals surface area (Å²) in [4.78, 5) is 32.2. The van der Waals surface area contributed by atoms with Crippen LogP contribution >= 0.6 is 0 Å². The molecular weight excluding hydrogens is 536 g/mol. The van der Waals surface area contributed by atoms with Gasteiger partial charge in [-0.2, -0.15) is 0 Å². The number of ether oxygens (including phenoxy) is 3. The summed E-state index contributed by atoms with van der Waals surface area (Å²) in [6.07, 6.45) is 0. The maximum absolute atomic E-state index is 14.3. The zero-order chi connectivity index (χ0) is 29.3. The lowest BCUT2D eigenvalue weighted by Crippen LogP contribution is -2.50. The fourth-order valence-corrected chi connectivity index (χ4v) is 5.26. The van der Waals surface area contributed by atoms with Crippen LogP contribution < -0.4 is 24.6 Å². The highest BCUT2D eigenvalue weighted by Gasteiger charge is 2.35. The number of nitrogens with one attached hydrogen (secondary N) is 1. The Bertz CT molecular complexity index is 1590. The molecule has 0 unspecified atom stereocenters. The number of amides is 2. The summed E-state index contributed by atoms with van der Waals surface area (Å²) in [5.74, 6) is 0.444. The lowest BCUT2D eigenvalue weighted by Gasteiger charge is -2.34. The predicted molar refractivity (Wildman–Crippen MR) is 158 cm³/mol. The van der Waals surface area contributed by atoms with E-state index in [9.17, 15) is 9.59 Å². The molecule has 218 valence electrons. The molecule has 0 bridgehead atoms. The van der Waals surface area contributed by atoms with E-state index in [0.29, 0.717) is 41.5 Å². The van der Waals surface area contributed by atoms with Gasteiger partial charge in [-0.3, -0.25) is 14.5 Å². The molecule has 11 heteroatoms. The Kier molecular flexibility index (Phi) is 7.42. The van der Waals surface area contributed by atoms with Crippen molar-refractivity contribution < 1.29 is 23.8 Å². The maximum Gasteiger partial charge on any atom is 0.249 e. The van der Waals surface area contributed by atoms with Crippen LogP contribution in [-0.4, -0.2) is 65.4 Å². The minimum Gasteiger partial charge on any atom is -0.454 e. The Morgan fingerprint density at radius 1 is 0.976 bits per heavy atom. The second-order valence-electron chi connectivity index (χ2n) is 11.4. The normalized spacial score (nSPS) is 15.5. The van der Waals surface area contributed by atoms with Crippen molar-refractivity contribution in [1.82, 2.24) is 20.3 Å². The standard InChI is InChI=1S/C31H34N6O5/c1-31(2,3)32-30(39)29(21-8-10-22(11-9-21)35-14-16-40-17-15-35)37(23-12-13-26-27(18-23)42-20-41-26)28(38)19-36-25-7-5-4-6-24(25)33-34-36/h4-13,18,29H,14-17,19-20H2,1-3H3,(H,32,39)/t29-/m0/s1. The van der Waals surface area contributed by atoms with E-state index in [1.165, 1.54) is 4.90 Å². The highest BCUT2D eigenvalue weighted by atomic mass is 16.7. The molecule has 0 aliphatic carbocycles. The highest BCUT2D eigenvalue weighted by molar-refractivity contribution is 6.02. The number of nitrogens with zero attached hydrogens (tertiary/aromatic N) is 5. The van der Waals surface area contributed by atoms with E-state index in [1.54, 1.807) is 22.9 Å². The summed E-state index contributed by atoms with van der Waals surface area (Å²) in [6.45, 7) is 8.63. The van der Waals surface area contributed by atoms with E-state index in [1.807, 2.05) is 69.3 Å². The molecule has 6 rings (SSSR count). The molecule has 1 atom stereocenters. The summed E-state index contributed by atoms with van der Waals surface area (Å²) < 4.78 is 18.2. The fraction of sp³-hybridized carbons (Fsp3) is 0.355. The van der Waals surface area contributed by atoms with Crippen molar-refractivity contribution in [2.45, 2.75) is 38.9 Å². The summed E-state index contributed by atoms with van der Waals surface area (Å²) in [7, 11) is 0. The molecule has 4 aromatic rings. The topological polar surface area (TPSA) is 111 Å². The Balaban J connectivity index is 1.42. The number of fused-ring (bicyclic) bond motifs is 2. The smallest absolute Gasteiger partial charge is 0.249 e. The van der Waals surface area contributed by atoms with Gasteiger partial charge in [-0.1, -0.05) is 29.5 Å². The fourth-order valence-electron chi connectivity index (χ4n) is 5.26. The van der Waals surface area contributed by atoms with Crippen molar-refractivity contribution in [3.63, 3.8) is 0 Å². The van der Waals surface area contributed by atoms with Gasteiger partial charge in [0.15, 0.2) is 11.5 Å². The second-order valence-corrected chi connectivity index (χ2v) is 11.4. The van der Waals surface area contributed by atoms with Gasteiger partial charge in [-0.25, -0.2) is 4.68 Å². The zero-order valence-corrected chi connectivity index (χ0v) is 23.9. The first-order valence-electron chi connectivity index (χ1n) is 14.0. The average Bonchev–Trinajstić information content (AvgIpc) is 3.62. The van der Waals surface area contributed by atoms with Crippen LogP contribution in [0.4, 0.5) is 11.4 Å². The van der Waals surface area contributed by atoms with E-state index in [-0.39, 0.29) is 25.2 Å². The zero-order valence-electron chi connectivity index (χ0n) is 23.9. The maximum atomic E-state index is 14.3. The lowest BCUT2D eigenvalue weighted by atomic mass is 10.00. The number of morpholine rings is 1. The molecular formula is C31H34N6O5. The lowest BCUT2D eigenvalue weighted by molar-refractivity contribution is -0.128. The number of carbonyl (C=O) groups is 2. The van der Waals surface area contributed by atoms with Crippen LogP contribution in [0.2, 0.25) is 0 Å². The number of carbonyl (C=O) groups excluding carboxylic acids is 2. The molecule has 2 amide bonds. The van der Waals surface area contributed by atoms with Gasteiger partial charge in [0, 0.05) is 36.1 Å². The van der Waals surface area contributed by atoms with Crippen LogP contribution in [0.1, 0.15) is 32.4 Å². The summed E-state index contributed by atoms with van der Waals surface area (Å²) in [5.41, 5.74) is 3.08. The van der Waals surface area contributed by atoms with E-state index in [0.717, 1.165) is 24.3 Å². The third-order valence-electron chi connectivity index (χ3n) is 7.20. The highest BCUT2D eigenvalue weighted by Crippen LogP contribution is 2.38. The quantitative estimate of drug-likeness (QED) is 0.358. The Labute approximate surface area is 243 Å². The molecule has 3 aromatic carbocycles. The van der Waals surface area contributed by atoms with Crippen LogP contribution in [0.25, 0.3) is 11.0 Å². The molecule has 0 saturated carbocycles. The molecule has 42 heavy (non-hydrogen) atoms. The van der Waals surface area contributed by atoms with Crippen LogP contribution in [0.15, 0.2) is 66.7 Å². The third kappa shape index (κ3) is 5.73. The Morgan fingerprint density at radius 3 is 2.48 bits per heavy atom. The molecule has 0 radical (unpaired) electrons. The van der Waals surface area contributed by atoms with Crippen molar-refractivity contribution >= 4 is 34.2 Å². The molecule has 1 saturated heterocycles. The van der Waals surface area contributed by atoms with Gasteiger partial charge in [-0.15, -0.1) is 5.10 Å². The Morgan fingerprint density at radius 2 is 1.71 bits per heavy atom. The van der Waals surface area contributed by atoms with Crippen LogP contribution in [0.5, 0.6) is 11.5 Å². The minimum atomic E-state index is -0.981. The largest absolute Gasteiger partial charge is 0.454 e. The molecule has 0 spiro atoms. The molecule has 2 aliphatic rings. The van der Waals surface area contributed by atoms with Crippen molar-refractivity contribution in [2.24, 2.45) is 0 Å². The van der Waals surface area contributed by atoms with Crippen molar-refractivity contribution in [3.05, 3.63) is 72.3 Å². The number of rotatable bonds is 7. The first-order chi connectivity index (χ1) is 20.3. The molecule has 11 nitrogen and oxygen atoms in total. The van der Waals surface area contributed by atoms with Gasteiger partial charge < -0.3 is 24.4 Å². The van der Waals surface area contributed by atoms with Gasteiger partial charge in [0.25, 0.3) is 0 Å². The minimum absolute atomic E-state index is 0.0919. The van der Waals surface area contributed by atoms with Crippen molar-refractivity contribution in [3.8, 4) is 11.5 Å². The van der Waals surface area contributed by atoms with Crippen LogP contribution in [0.3, 0.4) is 0 Å². The molecule has 3 heterocycles. The van der Waals surface area contributed by atoms with Gasteiger partial charge >= 0.3 is 0 Å². The Hall–Kier alpha value is -4.64. The number of hydrogen-bond acceptors (Lipinski definition) is 8. The number of anilines is 2. The van der Waals surface area contributed by atoms with Crippen LogP contribution in [0, 0.1) is 0 Å². The predicted octanol–water partition coefficient (Wildman–Crippen LogP) is 3.69. The number of aromatic nitrogens is 3. The van der Waals surface area contributed by atoms with Crippen molar-refractivity contribution in [1.29, 1.82) is 0 Å². The monoisotopic (exact) mass is 570 g/mol. The third-order valence-corrected chi connectivity index (χ3v) is 7.20. The average molecular weight is 571 g/mol. The van der Waals surface area contributed by atoms with Gasteiger partial charge in [0.2, 0.25) is 18.6 Å². The van der Waals surface area contributed by atoms with E-state index in [4.69, 9.17) is 14.2 Å².